The highest BCUT2D eigenvalue weighted by atomic mass is 16.5. The Labute approximate surface area is 143 Å². The Kier molecular flexibility index (Phi) is 5.89. The number of hydrogen-bond acceptors (Lipinski definition) is 5. The molecule has 0 atom stereocenters. The predicted octanol–water partition coefficient (Wildman–Crippen LogP) is 0.983. The smallest absolute Gasteiger partial charge is 0.345 e. The number of aryl methyl sites for hydroxylation is 2. The summed E-state index contributed by atoms with van der Waals surface area (Å²) >= 11 is 0. The topological polar surface area (TPSA) is 121 Å². The molecule has 1 amide bonds. The number of nitrogens with one attached hydrogen (secondary N) is 3. The van der Waals surface area contributed by atoms with E-state index in [2.05, 4.69) is 10.3 Å². The fraction of sp³-hybridized carbons (Fsp3) is 0.294. The van der Waals surface area contributed by atoms with E-state index in [-0.39, 0.29) is 5.56 Å². The Balaban J connectivity index is 2.05. The molecule has 1 aromatic heterocycles. The Morgan fingerprint density at radius 3 is 2.32 bits per heavy atom. The van der Waals surface area contributed by atoms with Gasteiger partial charge in [0.05, 0.1) is 0 Å². The third kappa shape index (κ3) is 4.43. The zero-order valence-corrected chi connectivity index (χ0v) is 14.0. The van der Waals surface area contributed by atoms with Crippen molar-refractivity contribution in [3.05, 3.63) is 61.9 Å². The molecule has 1 aromatic carbocycles. The number of hydrogen-bond donors (Lipinski definition) is 3. The zero-order valence-electron chi connectivity index (χ0n) is 14.0. The average Bonchev–Trinajstić information content (AvgIpc) is 2.59. The third-order valence-electron chi connectivity index (χ3n) is 3.64. The number of aromatic amines is 2. The van der Waals surface area contributed by atoms with Crippen molar-refractivity contribution in [3.8, 4) is 0 Å². The van der Waals surface area contributed by atoms with Crippen LogP contribution in [0.3, 0.4) is 0 Å². The molecule has 132 valence electrons. The Morgan fingerprint density at radius 1 is 1.12 bits per heavy atom. The van der Waals surface area contributed by atoms with Crippen LogP contribution in [-0.4, -0.2) is 28.5 Å². The van der Waals surface area contributed by atoms with Gasteiger partial charge in [-0.05, 0) is 24.0 Å². The number of esters is 1. The summed E-state index contributed by atoms with van der Waals surface area (Å²) in [5, 5.41) is 2.75. The van der Waals surface area contributed by atoms with E-state index in [1.54, 1.807) is 0 Å². The summed E-state index contributed by atoms with van der Waals surface area (Å²) < 4.78 is 4.84. The van der Waals surface area contributed by atoms with Gasteiger partial charge in [-0.15, -0.1) is 0 Å². The summed E-state index contributed by atoms with van der Waals surface area (Å²) in [6.07, 6.45) is 2.44. The van der Waals surface area contributed by atoms with Crippen LogP contribution in [0.15, 0.2) is 34.0 Å². The van der Waals surface area contributed by atoms with Crippen LogP contribution in [0.4, 0.5) is 5.69 Å². The number of anilines is 1. The van der Waals surface area contributed by atoms with Gasteiger partial charge in [0.1, 0.15) is 5.56 Å². The lowest BCUT2D eigenvalue weighted by Crippen LogP contribution is -2.29. The van der Waals surface area contributed by atoms with Crippen LogP contribution in [-0.2, 0) is 22.4 Å². The minimum absolute atomic E-state index is 0.379. The molecule has 8 heteroatoms. The van der Waals surface area contributed by atoms with Gasteiger partial charge in [0.25, 0.3) is 11.5 Å². The van der Waals surface area contributed by atoms with Crippen molar-refractivity contribution in [2.45, 2.75) is 26.7 Å². The summed E-state index contributed by atoms with van der Waals surface area (Å²) in [5.74, 6) is -1.50. The first-order valence-electron chi connectivity index (χ1n) is 7.86. The quantitative estimate of drug-likeness (QED) is 0.674. The first-order chi connectivity index (χ1) is 12.0. The van der Waals surface area contributed by atoms with Crippen LogP contribution in [0.5, 0.6) is 0 Å². The highest BCUT2D eigenvalue weighted by Crippen LogP contribution is 2.22. The molecule has 0 aliphatic heterocycles. The minimum atomic E-state index is -0.993. The first-order valence-corrected chi connectivity index (χ1v) is 7.86. The number of H-pyrrole nitrogens is 2. The van der Waals surface area contributed by atoms with Crippen LogP contribution in [0, 0.1) is 0 Å². The summed E-state index contributed by atoms with van der Waals surface area (Å²) in [5.41, 5.74) is 0.694. The fourth-order valence-electron chi connectivity index (χ4n) is 2.35. The summed E-state index contributed by atoms with van der Waals surface area (Å²) in [6.45, 7) is 3.42. The molecule has 2 rings (SSSR count). The minimum Gasteiger partial charge on any atom is -0.452 e. The molecule has 1 heterocycles. The van der Waals surface area contributed by atoms with Gasteiger partial charge in [-0.1, -0.05) is 32.0 Å². The van der Waals surface area contributed by atoms with E-state index in [0.29, 0.717) is 0 Å². The maximum absolute atomic E-state index is 12.1. The molecule has 8 nitrogen and oxygen atoms in total. The monoisotopic (exact) mass is 345 g/mol. The highest BCUT2D eigenvalue weighted by Gasteiger charge is 2.16. The van der Waals surface area contributed by atoms with Crippen LogP contribution < -0.4 is 16.6 Å². The number of carbonyl (C=O) groups excluding carboxylic acids is 2. The first kappa shape index (κ1) is 18.2. The normalized spacial score (nSPS) is 10.3. The molecule has 0 radical (unpaired) electrons. The maximum Gasteiger partial charge on any atom is 0.345 e. The molecular formula is C17H19N3O5. The lowest BCUT2D eigenvalue weighted by atomic mass is 10.0. The van der Waals surface area contributed by atoms with Gasteiger partial charge in [0.2, 0.25) is 0 Å². The van der Waals surface area contributed by atoms with Gasteiger partial charge in [-0.3, -0.25) is 14.6 Å². The second kappa shape index (κ2) is 8.09. The molecule has 0 unspecified atom stereocenters. The lowest BCUT2D eigenvalue weighted by molar-refractivity contribution is -0.119. The number of benzene rings is 1. The number of carbonyl (C=O) groups is 2. The van der Waals surface area contributed by atoms with Crippen molar-refractivity contribution in [3.63, 3.8) is 0 Å². The molecule has 0 bridgehead atoms. The summed E-state index contributed by atoms with van der Waals surface area (Å²) in [6, 6.07) is 5.76. The van der Waals surface area contributed by atoms with Gasteiger partial charge >= 0.3 is 11.7 Å². The van der Waals surface area contributed by atoms with E-state index in [0.717, 1.165) is 35.9 Å². The number of para-hydroxylation sites is 1. The Bertz CT molecular complexity index is 875. The molecule has 3 N–H and O–H groups in total. The number of amides is 1. The van der Waals surface area contributed by atoms with Gasteiger partial charge < -0.3 is 15.0 Å². The zero-order chi connectivity index (χ0) is 18.4. The summed E-state index contributed by atoms with van der Waals surface area (Å²) in [4.78, 5) is 50.4. The van der Waals surface area contributed by atoms with E-state index < -0.39 is 29.7 Å². The SMILES string of the molecule is CCc1cccc(CC)c1NC(=O)COC(=O)c1c[nH]c(=O)[nH]c1=O. The molecule has 25 heavy (non-hydrogen) atoms. The molecule has 2 aromatic rings. The number of rotatable bonds is 6. The van der Waals surface area contributed by atoms with Gasteiger partial charge in [0, 0.05) is 11.9 Å². The van der Waals surface area contributed by atoms with Crippen LogP contribution in [0.25, 0.3) is 0 Å². The lowest BCUT2D eigenvalue weighted by Gasteiger charge is -2.14. The van der Waals surface area contributed by atoms with E-state index in [1.165, 1.54) is 0 Å². The van der Waals surface area contributed by atoms with Crippen molar-refractivity contribution < 1.29 is 14.3 Å². The van der Waals surface area contributed by atoms with Crippen molar-refractivity contribution >= 4 is 17.6 Å². The van der Waals surface area contributed by atoms with E-state index >= 15 is 0 Å². The van der Waals surface area contributed by atoms with Gasteiger partial charge in [0.15, 0.2) is 6.61 Å². The number of aromatic nitrogens is 2. The van der Waals surface area contributed by atoms with Crippen LogP contribution in [0.2, 0.25) is 0 Å². The highest BCUT2D eigenvalue weighted by molar-refractivity contribution is 5.96. The van der Waals surface area contributed by atoms with E-state index in [9.17, 15) is 19.2 Å². The molecule has 0 fully saturated rings. The van der Waals surface area contributed by atoms with Gasteiger partial charge in [-0.25, -0.2) is 9.59 Å². The van der Waals surface area contributed by atoms with Crippen molar-refractivity contribution in [2.24, 2.45) is 0 Å². The fourth-order valence-corrected chi connectivity index (χ4v) is 2.35. The molecule has 0 saturated heterocycles. The maximum atomic E-state index is 12.1. The van der Waals surface area contributed by atoms with E-state index in [4.69, 9.17) is 4.74 Å². The molecule has 0 saturated carbocycles. The second-order valence-corrected chi connectivity index (χ2v) is 5.27. The largest absolute Gasteiger partial charge is 0.452 e. The summed E-state index contributed by atoms with van der Waals surface area (Å²) in [7, 11) is 0. The van der Waals surface area contributed by atoms with Crippen molar-refractivity contribution in [1.29, 1.82) is 0 Å². The average molecular weight is 345 g/mol. The Morgan fingerprint density at radius 2 is 1.76 bits per heavy atom. The second-order valence-electron chi connectivity index (χ2n) is 5.27. The Hall–Kier alpha value is -3.16. The molecule has 0 aliphatic rings. The van der Waals surface area contributed by atoms with Crippen molar-refractivity contribution in [2.75, 3.05) is 11.9 Å². The van der Waals surface area contributed by atoms with E-state index in [1.807, 2.05) is 37.0 Å². The standard InChI is InChI=1S/C17H19N3O5/c1-3-10-6-5-7-11(4-2)14(10)19-13(21)9-25-16(23)12-8-18-17(24)20-15(12)22/h5-8H,3-4,9H2,1-2H3,(H,19,21)(H2,18,20,22,24). The van der Waals surface area contributed by atoms with Crippen LogP contribution in [0.1, 0.15) is 35.3 Å². The third-order valence-corrected chi connectivity index (χ3v) is 3.64. The predicted molar refractivity (Wildman–Crippen MR) is 91.8 cm³/mol. The van der Waals surface area contributed by atoms with Crippen LogP contribution >= 0.6 is 0 Å². The van der Waals surface area contributed by atoms with Crippen molar-refractivity contribution in [1.82, 2.24) is 9.97 Å². The number of ether oxygens (including phenoxy) is 1. The van der Waals surface area contributed by atoms with Gasteiger partial charge in [-0.2, -0.15) is 0 Å². The molecular weight excluding hydrogens is 326 g/mol. The molecule has 0 spiro atoms. The molecule has 0 aliphatic carbocycles.